The van der Waals surface area contributed by atoms with Gasteiger partial charge in [-0.15, -0.1) is 0 Å². The van der Waals surface area contributed by atoms with Gasteiger partial charge < -0.3 is 0 Å². The highest BCUT2D eigenvalue weighted by Gasteiger charge is 2.21. The molecule has 0 aliphatic heterocycles. The van der Waals surface area contributed by atoms with Crippen LogP contribution in [-0.2, 0) is 10.0 Å². The number of aromatic nitrogens is 1. The summed E-state index contributed by atoms with van der Waals surface area (Å²) in [4.78, 5) is 3.71. The van der Waals surface area contributed by atoms with Crippen LogP contribution in [0.2, 0.25) is 5.02 Å². The fourth-order valence-corrected chi connectivity index (χ4v) is 3.43. The number of sulfonamides is 1. The van der Waals surface area contributed by atoms with Crippen LogP contribution in [0.1, 0.15) is 24.1 Å². The summed E-state index contributed by atoms with van der Waals surface area (Å²) in [7, 11) is -3.76. The molecule has 0 aliphatic carbocycles. The Kier molecular flexibility index (Phi) is 4.58. The van der Waals surface area contributed by atoms with Gasteiger partial charge in [-0.2, -0.15) is 5.26 Å². The Morgan fingerprint density at radius 1 is 1.29 bits per heavy atom. The van der Waals surface area contributed by atoms with Crippen LogP contribution in [0.4, 0.5) is 0 Å². The van der Waals surface area contributed by atoms with Crippen molar-refractivity contribution in [1.82, 2.24) is 9.71 Å². The molecule has 1 N–H and O–H groups in total. The fourth-order valence-electron chi connectivity index (χ4n) is 1.77. The maximum absolute atomic E-state index is 12.3. The maximum atomic E-state index is 12.3. The predicted octanol–water partition coefficient (Wildman–Crippen LogP) is 2.65. The highest BCUT2D eigenvalue weighted by molar-refractivity contribution is 7.89. The van der Waals surface area contributed by atoms with Gasteiger partial charge >= 0.3 is 0 Å². The molecule has 1 aromatic carbocycles. The normalized spacial score (nSPS) is 12.6. The van der Waals surface area contributed by atoms with E-state index in [9.17, 15) is 8.42 Å². The molecule has 0 spiro atoms. The number of nitriles is 1. The van der Waals surface area contributed by atoms with Gasteiger partial charge in [0.2, 0.25) is 10.0 Å². The maximum Gasteiger partial charge on any atom is 0.244 e. The number of nitrogens with one attached hydrogen (secondary N) is 1. The summed E-state index contributed by atoms with van der Waals surface area (Å²) in [5, 5.41) is 8.86. The van der Waals surface area contributed by atoms with Gasteiger partial charge in [-0.1, -0.05) is 23.7 Å². The summed E-state index contributed by atoms with van der Waals surface area (Å²) in [5.41, 5.74) is 1.27. The molecule has 21 heavy (non-hydrogen) atoms. The Balaban J connectivity index is 2.24. The summed E-state index contributed by atoms with van der Waals surface area (Å²) < 4.78 is 27.1. The topological polar surface area (TPSA) is 82.8 Å². The van der Waals surface area contributed by atoms with Crippen molar-refractivity contribution < 1.29 is 8.42 Å². The van der Waals surface area contributed by atoms with E-state index in [4.69, 9.17) is 16.9 Å². The molecule has 0 saturated heterocycles. The molecule has 108 valence electrons. The molecule has 7 heteroatoms. The Hall–Kier alpha value is -1.94. The number of hydrogen-bond donors (Lipinski definition) is 1. The molecule has 0 bridgehead atoms. The SMILES string of the molecule is CC(NS(=O)(=O)c1cnccc1Cl)c1ccc(C#N)cc1. The third-order valence-corrected chi connectivity index (χ3v) is 4.91. The van der Waals surface area contributed by atoms with E-state index in [2.05, 4.69) is 9.71 Å². The quantitative estimate of drug-likeness (QED) is 0.938. The molecular weight excluding hydrogens is 310 g/mol. The molecule has 1 aromatic heterocycles. The monoisotopic (exact) mass is 321 g/mol. The van der Waals surface area contributed by atoms with E-state index in [1.807, 2.05) is 6.07 Å². The first-order valence-electron chi connectivity index (χ1n) is 6.06. The van der Waals surface area contributed by atoms with Crippen molar-refractivity contribution in [2.45, 2.75) is 17.9 Å². The van der Waals surface area contributed by atoms with Gasteiger partial charge in [0.25, 0.3) is 0 Å². The highest BCUT2D eigenvalue weighted by atomic mass is 35.5. The number of nitrogens with zero attached hydrogens (tertiary/aromatic N) is 2. The number of benzene rings is 1. The van der Waals surface area contributed by atoms with Gasteiger partial charge in [0, 0.05) is 18.4 Å². The minimum absolute atomic E-state index is 0.0628. The molecule has 2 aromatic rings. The highest BCUT2D eigenvalue weighted by Crippen LogP contribution is 2.22. The van der Waals surface area contributed by atoms with Crippen LogP contribution in [0, 0.1) is 11.3 Å². The fraction of sp³-hybridized carbons (Fsp3) is 0.143. The van der Waals surface area contributed by atoms with Crippen LogP contribution < -0.4 is 4.72 Å². The van der Waals surface area contributed by atoms with E-state index >= 15 is 0 Å². The Labute approximate surface area is 128 Å². The molecule has 0 saturated carbocycles. The van der Waals surface area contributed by atoms with Crippen molar-refractivity contribution in [1.29, 1.82) is 5.26 Å². The third-order valence-electron chi connectivity index (χ3n) is 2.90. The first-order chi connectivity index (χ1) is 9.94. The number of halogens is 1. The number of rotatable bonds is 4. The molecule has 2 rings (SSSR count). The Morgan fingerprint density at radius 2 is 1.95 bits per heavy atom. The van der Waals surface area contributed by atoms with Gasteiger partial charge in [-0.05, 0) is 30.7 Å². The van der Waals surface area contributed by atoms with Crippen molar-refractivity contribution in [3.05, 3.63) is 58.9 Å². The average Bonchev–Trinajstić information content (AvgIpc) is 2.47. The van der Waals surface area contributed by atoms with Crippen LogP contribution in [0.5, 0.6) is 0 Å². The summed E-state index contributed by atoms with van der Waals surface area (Å²) in [6.45, 7) is 1.71. The lowest BCUT2D eigenvalue weighted by Gasteiger charge is -2.15. The molecular formula is C14H12ClN3O2S. The minimum atomic E-state index is -3.76. The van der Waals surface area contributed by atoms with Gasteiger partial charge in [0.1, 0.15) is 4.90 Å². The van der Waals surface area contributed by atoms with Crippen LogP contribution in [-0.4, -0.2) is 13.4 Å². The summed E-state index contributed by atoms with van der Waals surface area (Å²) in [6, 6.07) is 9.65. The lowest BCUT2D eigenvalue weighted by molar-refractivity contribution is 0.566. The molecule has 1 atom stereocenters. The predicted molar refractivity (Wildman–Crippen MR) is 79.1 cm³/mol. The van der Waals surface area contributed by atoms with Crippen molar-refractivity contribution in [3.63, 3.8) is 0 Å². The molecule has 1 heterocycles. The first-order valence-corrected chi connectivity index (χ1v) is 7.92. The van der Waals surface area contributed by atoms with Crippen molar-refractivity contribution in [2.24, 2.45) is 0 Å². The van der Waals surface area contributed by atoms with Crippen LogP contribution in [0.15, 0.2) is 47.6 Å². The summed E-state index contributed by atoms with van der Waals surface area (Å²) >= 11 is 5.88. The third kappa shape index (κ3) is 3.58. The first kappa shape index (κ1) is 15.4. The minimum Gasteiger partial charge on any atom is -0.263 e. The van der Waals surface area contributed by atoms with E-state index in [1.165, 1.54) is 18.5 Å². The van der Waals surface area contributed by atoms with Crippen molar-refractivity contribution in [2.75, 3.05) is 0 Å². The molecule has 0 amide bonds. The number of pyridine rings is 1. The van der Waals surface area contributed by atoms with Gasteiger partial charge in [-0.3, -0.25) is 4.98 Å². The van der Waals surface area contributed by atoms with E-state index in [1.54, 1.807) is 31.2 Å². The Bertz CT molecular complexity index is 783. The summed E-state index contributed by atoms with van der Waals surface area (Å²) in [6.07, 6.45) is 2.63. The molecule has 1 unspecified atom stereocenters. The molecule has 0 aliphatic rings. The zero-order valence-corrected chi connectivity index (χ0v) is 12.7. The second-order valence-corrected chi connectivity index (χ2v) is 6.47. The van der Waals surface area contributed by atoms with Crippen molar-refractivity contribution >= 4 is 21.6 Å². The average molecular weight is 322 g/mol. The van der Waals surface area contributed by atoms with Gasteiger partial charge in [0.05, 0.1) is 16.7 Å². The molecule has 5 nitrogen and oxygen atoms in total. The lowest BCUT2D eigenvalue weighted by Crippen LogP contribution is -2.27. The summed E-state index contributed by atoms with van der Waals surface area (Å²) in [5.74, 6) is 0. The van der Waals surface area contributed by atoms with Crippen LogP contribution in [0.25, 0.3) is 0 Å². The number of hydrogen-bond acceptors (Lipinski definition) is 4. The zero-order valence-electron chi connectivity index (χ0n) is 11.1. The lowest BCUT2D eigenvalue weighted by atomic mass is 10.1. The van der Waals surface area contributed by atoms with Gasteiger partial charge in [0.15, 0.2) is 0 Å². The second kappa shape index (κ2) is 6.22. The Morgan fingerprint density at radius 3 is 2.52 bits per heavy atom. The van der Waals surface area contributed by atoms with E-state index in [0.717, 1.165) is 5.56 Å². The van der Waals surface area contributed by atoms with E-state index in [0.29, 0.717) is 5.56 Å². The van der Waals surface area contributed by atoms with Gasteiger partial charge in [-0.25, -0.2) is 13.1 Å². The van der Waals surface area contributed by atoms with Crippen molar-refractivity contribution in [3.8, 4) is 6.07 Å². The zero-order chi connectivity index (χ0) is 15.5. The standard InChI is InChI=1S/C14H12ClN3O2S/c1-10(12-4-2-11(8-16)3-5-12)18-21(19,20)14-9-17-7-6-13(14)15/h2-7,9-10,18H,1H3. The van der Waals surface area contributed by atoms with Crippen LogP contribution >= 0.6 is 11.6 Å². The van der Waals surface area contributed by atoms with E-state index in [-0.39, 0.29) is 9.92 Å². The largest absolute Gasteiger partial charge is 0.263 e. The second-order valence-electron chi connectivity index (χ2n) is 4.38. The smallest absolute Gasteiger partial charge is 0.244 e. The van der Waals surface area contributed by atoms with E-state index < -0.39 is 16.1 Å². The molecule has 0 fully saturated rings. The molecule has 0 radical (unpaired) electrons. The van der Waals surface area contributed by atoms with Crippen LogP contribution in [0.3, 0.4) is 0 Å².